The van der Waals surface area contributed by atoms with Gasteiger partial charge in [0.25, 0.3) is 0 Å². The number of esters is 2. The van der Waals surface area contributed by atoms with Crippen LogP contribution in [0.25, 0.3) is 0 Å². The predicted molar refractivity (Wildman–Crippen MR) is 139 cm³/mol. The fourth-order valence-corrected chi connectivity index (χ4v) is 6.24. The van der Waals surface area contributed by atoms with Crippen molar-refractivity contribution in [3.63, 3.8) is 0 Å². The van der Waals surface area contributed by atoms with E-state index in [1.54, 1.807) is 30.9 Å². The molecule has 1 saturated heterocycles. The largest absolute Gasteiger partial charge is 0.465 e. The lowest BCUT2D eigenvalue weighted by Crippen LogP contribution is -2.58. The van der Waals surface area contributed by atoms with Crippen molar-refractivity contribution in [2.45, 2.75) is 31.7 Å². The van der Waals surface area contributed by atoms with Crippen LogP contribution in [0.15, 0.2) is 84.9 Å². The molecule has 2 aliphatic rings. The Morgan fingerprint density at radius 1 is 0.838 bits per heavy atom. The van der Waals surface area contributed by atoms with Crippen LogP contribution >= 0.6 is 0 Å². The molecule has 3 aromatic rings. The molecule has 3 aromatic carbocycles. The topological polar surface area (TPSA) is 72.9 Å². The van der Waals surface area contributed by atoms with Gasteiger partial charge in [-0.25, -0.2) is 0 Å². The number of hydrogen-bond acceptors (Lipinski definition) is 5. The summed E-state index contributed by atoms with van der Waals surface area (Å²) in [5, 5.41) is 0. The van der Waals surface area contributed by atoms with E-state index >= 15 is 0 Å². The van der Waals surface area contributed by atoms with Crippen LogP contribution in [-0.2, 0) is 35.8 Å². The van der Waals surface area contributed by atoms with E-state index in [4.69, 9.17) is 9.47 Å². The summed E-state index contributed by atoms with van der Waals surface area (Å²) in [6.45, 7) is 4.38. The molecule has 3 atom stereocenters. The van der Waals surface area contributed by atoms with Crippen molar-refractivity contribution >= 4 is 17.8 Å². The molecule has 0 N–H and O–H groups in total. The molecule has 0 bridgehead atoms. The highest BCUT2D eigenvalue weighted by molar-refractivity contribution is 6.12. The maximum atomic E-state index is 14.3. The van der Waals surface area contributed by atoms with Crippen molar-refractivity contribution in [1.82, 2.24) is 4.90 Å². The van der Waals surface area contributed by atoms with Gasteiger partial charge in [-0.05, 0) is 36.1 Å². The number of ether oxygens (including phenoxy) is 2. The summed E-state index contributed by atoms with van der Waals surface area (Å²) in [5.74, 6) is -3.14. The summed E-state index contributed by atoms with van der Waals surface area (Å²) in [6.07, 6.45) is 0. The number of likely N-dealkylation sites (tertiary alicyclic amines) is 1. The van der Waals surface area contributed by atoms with Crippen LogP contribution in [0.3, 0.4) is 0 Å². The Hall–Kier alpha value is -3.93. The molecule has 6 nitrogen and oxygen atoms in total. The van der Waals surface area contributed by atoms with E-state index < -0.39 is 23.3 Å². The second-order valence-corrected chi connectivity index (χ2v) is 9.57. The smallest absolute Gasteiger partial charge is 0.328 e. The van der Waals surface area contributed by atoms with E-state index in [2.05, 4.69) is 0 Å². The lowest BCUT2D eigenvalue weighted by molar-refractivity contribution is -0.172. The molecule has 5 rings (SSSR count). The quantitative estimate of drug-likeness (QED) is 0.356. The van der Waals surface area contributed by atoms with Gasteiger partial charge in [-0.1, -0.05) is 84.9 Å². The first-order valence-electron chi connectivity index (χ1n) is 12.9. The van der Waals surface area contributed by atoms with Crippen molar-refractivity contribution in [1.29, 1.82) is 0 Å². The fraction of sp³-hybridized carbons (Fsp3) is 0.323. The average Bonchev–Trinajstić information content (AvgIpc) is 3.24. The molecule has 1 aliphatic carbocycles. The zero-order chi connectivity index (χ0) is 26.0. The molecule has 190 valence electrons. The molecule has 1 amide bonds. The van der Waals surface area contributed by atoms with Gasteiger partial charge in [-0.3, -0.25) is 14.4 Å². The van der Waals surface area contributed by atoms with Gasteiger partial charge in [0.1, 0.15) is 0 Å². The Morgan fingerprint density at radius 2 is 1.41 bits per heavy atom. The standard InChI is InChI=1S/C31H31NO5/c1-3-36-29(34)31(30(35)37-4-2)25-18-12-11-17-23(25)26(22-15-9-6-10-16-22)24-20-32(28(33)27(24)31)19-21-13-7-5-8-14-21/h5-18,24,26-27H,3-4,19-20H2,1-2H3/t24-,26-,27?/m0/s1. The number of nitrogens with zero attached hydrogens (tertiary/aromatic N) is 1. The molecule has 6 heteroatoms. The Kier molecular flexibility index (Phi) is 6.83. The van der Waals surface area contributed by atoms with Gasteiger partial charge in [0.2, 0.25) is 11.3 Å². The maximum absolute atomic E-state index is 14.3. The number of carbonyl (C=O) groups excluding carboxylic acids is 3. The minimum absolute atomic E-state index is 0.0869. The number of rotatable bonds is 7. The van der Waals surface area contributed by atoms with E-state index in [1.165, 1.54) is 0 Å². The van der Waals surface area contributed by atoms with Crippen molar-refractivity contribution in [2.24, 2.45) is 11.8 Å². The number of amides is 1. The monoisotopic (exact) mass is 497 g/mol. The number of fused-ring (bicyclic) bond motifs is 2. The molecule has 1 heterocycles. The first-order valence-corrected chi connectivity index (χ1v) is 12.9. The highest BCUT2D eigenvalue weighted by Gasteiger charge is 2.68. The third-order valence-corrected chi connectivity index (χ3v) is 7.62. The molecule has 0 radical (unpaired) electrons. The molecule has 0 spiro atoms. The van der Waals surface area contributed by atoms with Gasteiger partial charge in [0.15, 0.2) is 0 Å². The van der Waals surface area contributed by atoms with Crippen molar-refractivity contribution in [3.05, 3.63) is 107 Å². The number of hydrogen-bond donors (Lipinski definition) is 0. The molecule has 0 saturated carbocycles. The molecular weight excluding hydrogens is 466 g/mol. The first-order chi connectivity index (χ1) is 18.0. The maximum Gasteiger partial charge on any atom is 0.328 e. The molecule has 1 fully saturated rings. The van der Waals surface area contributed by atoms with Gasteiger partial charge < -0.3 is 14.4 Å². The van der Waals surface area contributed by atoms with Crippen molar-refractivity contribution in [2.75, 3.05) is 19.8 Å². The molecular formula is C31H31NO5. The van der Waals surface area contributed by atoms with Gasteiger partial charge in [0, 0.05) is 24.9 Å². The van der Waals surface area contributed by atoms with Crippen LogP contribution in [0.1, 0.15) is 42.0 Å². The van der Waals surface area contributed by atoms with Crippen molar-refractivity contribution < 1.29 is 23.9 Å². The van der Waals surface area contributed by atoms with E-state index in [9.17, 15) is 14.4 Å². The highest BCUT2D eigenvalue weighted by atomic mass is 16.6. The normalized spacial score (nSPS) is 21.6. The Morgan fingerprint density at radius 3 is 2.03 bits per heavy atom. The van der Waals surface area contributed by atoms with E-state index in [0.29, 0.717) is 18.7 Å². The lowest BCUT2D eigenvalue weighted by Gasteiger charge is -2.44. The second-order valence-electron chi connectivity index (χ2n) is 9.57. The third-order valence-electron chi connectivity index (χ3n) is 7.62. The van der Waals surface area contributed by atoms with E-state index in [0.717, 1.165) is 16.7 Å². The van der Waals surface area contributed by atoms with Crippen LogP contribution in [0.2, 0.25) is 0 Å². The molecule has 0 aromatic heterocycles. The van der Waals surface area contributed by atoms with Crippen LogP contribution < -0.4 is 0 Å². The van der Waals surface area contributed by atoms with Gasteiger partial charge in [0.05, 0.1) is 19.1 Å². The summed E-state index contributed by atoms with van der Waals surface area (Å²) < 4.78 is 11.1. The lowest BCUT2D eigenvalue weighted by atomic mass is 9.55. The third kappa shape index (κ3) is 4.01. The Labute approximate surface area is 217 Å². The fourth-order valence-electron chi connectivity index (χ4n) is 6.24. The molecule has 1 aliphatic heterocycles. The van der Waals surface area contributed by atoms with Gasteiger partial charge >= 0.3 is 11.9 Å². The van der Waals surface area contributed by atoms with Crippen LogP contribution in [0, 0.1) is 11.8 Å². The van der Waals surface area contributed by atoms with E-state index in [1.807, 2.05) is 72.8 Å². The molecule has 1 unspecified atom stereocenters. The van der Waals surface area contributed by atoms with E-state index in [-0.39, 0.29) is 31.0 Å². The van der Waals surface area contributed by atoms with Crippen LogP contribution in [0.5, 0.6) is 0 Å². The summed E-state index contributed by atoms with van der Waals surface area (Å²) >= 11 is 0. The Balaban J connectivity index is 1.74. The highest BCUT2D eigenvalue weighted by Crippen LogP contribution is 2.56. The number of carbonyl (C=O) groups is 3. The summed E-state index contributed by atoms with van der Waals surface area (Å²) in [4.78, 5) is 43.9. The minimum atomic E-state index is -1.87. The van der Waals surface area contributed by atoms with Gasteiger partial charge in [-0.15, -0.1) is 0 Å². The number of benzene rings is 3. The summed E-state index contributed by atoms with van der Waals surface area (Å²) in [7, 11) is 0. The average molecular weight is 498 g/mol. The second kappa shape index (κ2) is 10.2. The van der Waals surface area contributed by atoms with Crippen LogP contribution in [-0.4, -0.2) is 42.5 Å². The predicted octanol–water partition coefficient (Wildman–Crippen LogP) is 4.47. The van der Waals surface area contributed by atoms with Crippen LogP contribution in [0.4, 0.5) is 0 Å². The van der Waals surface area contributed by atoms with Gasteiger partial charge in [-0.2, -0.15) is 0 Å². The summed E-state index contributed by atoms with van der Waals surface area (Å²) in [6, 6.07) is 27.2. The first kappa shape index (κ1) is 24.8. The zero-order valence-electron chi connectivity index (χ0n) is 21.1. The molecule has 37 heavy (non-hydrogen) atoms. The summed E-state index contributed by atoms with van der Waals surface area (Å²) in [5.41, 5.74) is 1.50. The minimum Gasteiger partial charge on any atom is -0.465 e. The van der Waals surface area contributed by atoms with Crippen molar-refractivity contribution in [3.8, 4) is 0 Å². The zero-order valence-corrected chi connectivity index (χ0v) is 21.1. The Bertz CT molecular complexity index is 1270. The SMILES string of the molecule is CCOC(=O)C1(C(=O)OCC)c2ccccc2[C@H](c2ccccc2)[C@@H]2CN(Cc3ccccc3)C(=O)C21.